The summed E-state index contributed by atoms with van der Waals surface area (Å²) in [4.78, 5) is 12.1. The molecule has 0 fully saturated rings. The van der Waals surface area contributed by atoms with Gasteiger partial charge in [-0.3, -0.25) is 9.48 Å². The molecule has 2 aromatic rings. The average molecular weight is 334 g/mol. The van der Waals surface area contributed by atoms with Crippen LogP contribution in [0.3, 0.4) is 0 Å². The third-order valence-corrected chi connectivity index (χ3v) is 4.03. The molecule has 0 saturated carbocycles. The molecule has 1 N–H and O–H groups in total. The summed E-state index contributed by atoms with van der Waals surface area (Å²) in [5.74, 6) is 0.275. The summed E-state index contributed by atoms with van der Waals surface area (Å²) in [6.45, 7) is 5.79. The van der Waals surface area contributed by atoms with Crippen LogP contribution in [0.15, 0.2) is 30.3 Å². The van der Waals surface area contributed by atoms with E-state index in [-0.39, 0.29) is 12.0 Å². The summed E-state index contributed by atoms with van der Waals surface area (Å²) in [5.41, 5.74) is 2.42. The molecule has 0 aliphatic carbocycles. The Labute approximate surface area is 140 Å². The van der Waals surface area contributed by atoms with Crippen LogP contribution in [0.5, 0.6) is 0 Å². The van der Waals surface area contributed by atoms with Gasteiger partial charge in [-0.25, -0.2) is 0 Å². The van der Waals surface area contributed by atoms with Crippen LogP contribution in [0.25, 0.3) is 0 Å². The molecular formula is C17H20ClN3O2. The van der Waals surface area contributed by atoms with Gasteiger partial charge in [-0.15, -0.1) is 0 Å². The Morgan fingerprint density at radius 1 is 1.43 bits per heavy atom. The first-order valence-corrected chi connectivity index (χ1v) is 8.12. The lowest BCUT2D eigenvalue weighted by Gasteiger charge is -2.24. The molecule has 0 bridgehead atoms. The van der Waals surface area contributed by atoms with Gasteiger partial charge in [-0.05, 0) is 29.7 Å². The molecule has 1 aliphatic heterocycles. The fourth-order valence-corrected chi connectivity index (χ4v) is 2.63. The average Bonchev–Trinajstić information content (AvgIpc) is 2.96. The Balaban J connectivity index is 1.71. The summed E-state index contributed by atoms with van der Waals surface area (Å²) >= 11 is 5.92. The van der Waals surface area contributed by atoms with Crippen LogP contribution in [-0.4, -0.2) is 22.2 Å². The van der Waals surface area contributed by atoms with E-state index < -0.39 is 0 Å². The zero-order valence-electron chi connectivity index (χ0n) is 13.3. The first-order chi connectivity index (χ1) is 11.0. The standard InChI is InChI=1S/C17H20ClN3O2/c1-11(2)8-19-17(22)15-7-14-10-23-16(9-21(14)20-15)12-3-5-13(18)6-4-12/h3-7,11,16H,8-10H2,1-2H3,(H,19,22). The lowest BCUT2D eigenvalue weighted by Crippen LogP contribution is -2.28. The number of amides is 1. The number of nitrogens with one attached hydrogen (secondary N) is 1. The molecule has 0 radical (unpaired) electrons. The molecule has 1 unspecified atom stereocenters. The second-order valence-electron chi connectivity index (χ2n) is 6.16. The van der Waals surface area contributed by atoms with Crippen molar-refractivity contribution in [2.24, 2.45) is 5.92 Å². The second kappa shape index (κ2) is 6.72. The number of ether oxygens (including phenoxy) is 1. The monoisotopic (exact) mass is 333 g/mol. The molecule has 1 aliphatic rings. The predicted molar refractivity (Wildman–Crippen MR) is 88.4 cm³/mol. The Kier molecular flexibility index (Phi) is 4.68. The van der Waals surface area contributed by atoms with Crippen LogP contribution >= 0.6 is 11.6 Å². The van der Waals surface area contributed by atoms with Crippen LogP contribution in [0.1, 0.15) is 41.7 Å². The number of halogens is 1. The van der Waals surface area contributed by atoms with E-state index in [1.54, 1.807) is 6.07 Å². The summed E-state index contributed by atoms with van der Waals surface area (Å²) in [6.07, 6.45) is -0.0776. The quantitative estimate of drug-likeness (QED) is 0.934. The lowest BCUT2D eigenvalue weighted by atomic mass is 10.1. The molecule has 23 heavy (non-hydrogen) atoms. The van der Waals surface area contributed by atoms with Gasteiger partial charge in [0.15, 0.2) is 5.69 Å². The van der Waals surface area contributed by atoms with Crippen molar-refractivity contribution in [2.45, 2.75) is 33.1 Å². The molecule has 1 amide bonds. The van der Waals surface area contributed by atoms with E-state index in [2.05, 4.69) is 24.3 Å². The van der Waals surface area contributed by atoms with Crippen molar-refractivity contribution in [1.29, 1.82) is 0 Å². The van der Waals surface area contributed by atoms with E-state index in [1.165, 1.54) is 0 Å². The molecule has 1 aromatic carbocycles. The Morgan fingerprint density at radius 2 is 2.17 bits per heavy atom. The van der Waals surface area contributed by atoms with Crippen molar-refractivity contribution < 1.29 is 9.53 Å². The van der Waals surface area contributed by atoms with Crippen molar-refractivity contribution in [3.05, 3.63) is 52.3 Å². The molecule has 0 spiro atoms. The minimum atomic E-state index is -0.136. The van der Waals surface area contributed by atoms with Gasteiger partial charge >= 0.3 is 0 Å². The summed E-state index contributed by atoms with van der Waals surface area (Å²) < 4.78 is 7.74. The maximum absolute atomic E-state index is 12.1. The van der Waals surface area contributed by atoms with Gasteiger partial charge in [0.2, 0.25) is 0 Å². The predicted octanol–water partition coefficient (Wildman–Crippen LogP) is 3.19. The highest BCUT2D eigenvalue weighted by Crippen LogP contribution is 2.27. The highest BCUT2D eigenvalue weighted by atomic mass is 35.5. The molecular weight excluding hydrogens is 314 g/mol. The Morgan fingerprint density at radius 3 is 2.87 bits per heavy atom. The van der Waals surface area contributed by atoms with Gasteiger partial charge in [0.1, 0.15) is 6.10 Å². The first kappa shape index (κ1) is 16.0. The molecule has 5 nitrogen and oxygen atoms in total. The number of nitrogens with zero attached hydrogens (tertiary/aromatic N) is 2. The number of benzene rings is 1. The Bertz CT molecular complexity index is 694. The summed E-state index contributed by atoms with van der Waals surface area (Å²) in [6, 6.07) is 9.41. The molecule has 122 valence electrons. The number of fused-ring (bicyclic) bond motifs is 1. The number of rotatable bonds is 4. The van der Waals surface area contributed by atoms with Gasteiger partial charge in [0, 0.05) is 11.6 Å². The van der Waals surface area contributed by atoms with Crippen LogP contribution in [-0.2, 0) is 17.9 Å². The number of aromatic nitrogens is 2. The minimum absolute atomic E-state index is 0.0776. The highest BCUT2D eigenvalue weighted by Gasteiger charge is 2.24. The number of hydrogen-bond donors (Lipinski definition) is 1. The summed E-state index contributed by atoms with van der Waals surface area (Å²) in [5, 5.41) is 8.01. The second-order valence-corrected chi connectivity index (χ2v) is 6.59. The third-order valence-electron chi connectivity index (χ3n) is 3.78. The smallest absolute Gasteiger partial charge is 0.271 e. The van der Waals surface area contributed by atoms with Gasteiger partial charge in [-0.2, -0.15) is 5.10 Å². The fraction of sp³-hybridized carbons (Fsp3) is 0.412. The highest BCUT2D eigenvalue weighted by molar-refractivity contribution is 6.30. The SMILES string of the molecule is CC(C)CNC(=O)c1cc2n(n1)CC(c1ccc(Cl)cc1)OC2. The van der Waals surface area contributed by atoms with Crippen LogP contribution in [0.4, 0.5) is 0 Å². The van der Waals surface area contributed by atoms with Crippen molar-refractivity contribution in [3.63, 3.8) is 0 Å². The maximum atomic E-state index is 12.1. The van der Waals surface area contributed by atoms with Gasteiger partial charge in [-0.1, -0.05) is 37.6 Å². The molecule has 3 rings (SSSR count). The Hall–Kier alpha value is -1.85. The molecule has 0 saturated heterocycles. The molecule has 1 aromatic heterocycles. The molecule has 6 heteroatoms. The van der Waals surface area contributed by atoms with E-state index in [0.29, 0.717) is 36.3 Å². The summed E-state index contributed by atoms with van der Waals surface area (Å²) in [7, 11) is 0. The molecule has 2 heterocycles. The number of carbonyl (C=O) groups is 1. The normalized spacial score (nSPS) is 17.1. The minimum Gasteiger partial charge on any atom is -0.365 e. The van der Waals surface area contributed by atoms with Crippen molar-refractivity contribution in [2.75, 3.05) is 6.54 Å². The van der Waals surface area contributed by atoms with Crippen molar-refractivity contribution in [1.82, 2.24) is 15.1 Å². The maximum Gasteiger partial charge on any atom is 0.271 e. The van der Waals surface area contributed by atoms with Gasteiger partial charge in [0.05, 0.1) is 18.8 Å². The number of carbonyl (C=O) groups excluding carboxylic acids is 1. The largest absolute Gasteiger partial charge is 0.365 e. The zero-order chi connectivity index (χ0) is 16.4. The number of hydrogen-bond acceptors (Lipinski definition) is 3. The zero-order valence-corrected chi connectivity index (χ0v) is 14.0. The fourth-order valence-electron chi connectivity index (χ4n) is 2.50. The van der Waals surface area contributed by atoms with Crippen LogP contribution in [0, 0.1) is 5.92 Å². The van der Waals surface area contributed by atoms with E-state index in [1.807, 2.05) is 28.9 Å². The topological polar surface area (TPSA) is 56.2 Å². The van der Waals surface area contributed by atoms with Gasteiger partial charge < -0.3 is 10.1 Å². The third kappa shape index (κ3) is 3.74. The molecule has 1 atom stereocenters. The van der Waals surface area contributed by atoms with Crippen LogP contribution in [0.2, 0.25) is 5.02 Å². The van der Waals surface area contributed by atoms with E-state index in [9.17, 15) is 4.79 Å². The first-order valence-electron chi connectivity index (χ1n) is 7.75. The van der Waals surface area contributed by atoms with E-state index >= 15 is 0 Å². The van der Waals surface area contributed by atoms with Crippen molar-refractivity contribution in [3.8, 4) is 0 Å². The van der Waals surface area contributed by atoms with E-state index in [4.69, 9.17) is 16.3 Å². The van der Waals surface area contributed by atoms with Gasteiger partial charge in [0.25, 0.3) is 5.91 Å². The van der Waals surface area contributed by atoms with Crippen LogP contribution < -0.4 is 5.32 Å². The van der Waals surface area contributed by atoms with E-state index in [0.717, 1.165) is 11.3 Å². The van der Waals surface area contributed by atoms with Crippen molar-refractivity contribution >= 4 is 17.5 Å². The lowest BCUT2D eigenvalue weighted by molar-refractivity contribution is -0.00119.